The molecule has 0 fully saturated rings. The summed E-state index contributed by atoms with van der Waals surface area (Å²) in [5.74, 6) is 0. The first-order chi connectivity index (χ1) is 5.58. The molecule has 0 spiro atoms. The van der Waals surface area contributed by atoms with E-state index >= 15 is 0 Å². The topological polar surface area (TPSA) is 0 Å². The Morgan fingerprint density at radius 2 is 1.58 bits per heavy atom. The molecular weight excluding hydrogens is 207 g/mol. The van der Waals surface area contributed by atoms with Crippen molar-refractivity contribution in [2.24, 2.45) is 0 Å². The lowest BCUT2D eigenvalue weighted by Crippen LogP contribution is -2.00. The molecule has 0 saturated heterocycles. The van der Waals surface area contributed by atoms with Crippen LogP contribution in [-0.4, -0.2) is 7.42 Å². The first kappa shape index (κ1) is 10.1. The largest absolute Gasteiger partial charge is 0.241 e. The molecule has 0 bridgehead atoms. The number of hydrogen-bond acceptors (Lipinski definition) is 0. The summed E-state index contributed by atoms with van der Waals surface area (Å²) in [5.41, 5.74) is 3.84. The molecule has 1 aromatic rings. The molecule has 0 amide bonds. The van der Waals surface area contributed by atoms with Gasteiger partial charge in [0.25, 0.3) is 0 Å². The lowest BCUT2D eigenvalue weighted by molar-refractivity contribution is 1.29. The van der Waals surface area contributed by atoms with Gasteiger partial charge in [0.15, 0.2) is 0 Å². The van der Waals surface area contributed by atoms with E-state index in [0.29, 0.717) is 0 Å². The molecule has 66 valence electrons. The summed E-state index contributed by atoms with van der Waals surface area (Å²) >= 11 is 11.6. The summed E-state index contributed by atoms with van der Waals surface area (Å²) in [7, 11) is -1.49. The van der Waals surface area contributed by atoms with Crippen molar-refractivity contribution in [2.75, 3.05) is 0 Å². The molecule has 1 aromatic carbocycles. The molecule has 0 heterocycles. The Morgan fingerprint density at radius 1 is 1.08 bits per heavy atom. The van der Waals surface area contributed by atoms with Crippen molar-refractivity contribution >= 4 is 29.6 Å². The Morgan fingerprint density at radius 3 is 2.00 bits per heavy atom. The smallest absolute Gasteiger partial charge is 0.150 e. The second-order valence-electron chi connectivity index (χ2n) is 3.09. The molecule has 1 rings (SSSR count). The molecule has 0 saturated carbocycles. The highest BCUT2D eigenvalue weighted by Gasteiger charge is 2.04. The number of halogens is 2. The quantitative estimate of drug-likeness (QED) is 0.529. The number of hydrogen-bond donors (Lipinski definition) is 0. The van der Waals surface area contributed by atoms with Crippen molar-refractivity contribution < 1.29 is 0 Å². The Balaban J connectivity index is 2.85. The SMILES string of the molecule is Cc1cc(C)cc(C[SiH](Cl)Cl)c1. The Hall–Kier alpha value is 0.0169. The number of aryl methyl sites for hydroxylation is 2. The van der Waals surface area contributed by atoms with E-state index < -0.39 is 7.42 Å². The van der Waals surface area contributed by atoms with Crippen molar-refractivity contribution in [3.05, 3.63) is 34.9 Å². The molecule has 3 heteroatoms. The van der Waals surface area contributed by atoms with Gasteiger partial charge in [-0.25, -0.2) is 0 Å². The fraction of sp³-hybridized carbons (Fsp3) is 0.333. The Labute approximate surface area is 84.5 Å². The van der Waals surface area contributed by atoms with Crippen LogP contribution in [0.2, 0.25) is 0 Å². The van der Waals surface area contributed by atoms with E-state index in [4.69, 9.17) is 22.2 Å². The second-order valence-corrected chi connectivity index (χ2v) is 8.11. The van der Waals surface area contributed by atoms with E-state index in [9.17, 15) is 0 Å². The van der Waals surface area contributed by atoms with E-state index in [-0.39, 0.29) is 0 Å². The third-order valence-electron chi connectivity index (χ3n) is 1.67. The van der Waals surface area contributed by atoms with Gasteiger partial charge in [-0.05, 0) is 25.5 Å². The zero-order valence-electron chi connectivity index (χ0n) is 7.27. The predicted octanol–water partition coefficient (Wildman–Crippen LogP) is 3.08. The van der Waals surface area contributed by atoms with Crippen LogP contribution >= 0.6 is 22.2 Å². The summed E-state index contributed by atoms with van der Waals surface area (Å²) in [4.78, 5) is 0. The summed E-state index contributed by atoms with van der Waals surface area (Å²) in [6.07, 6.45) is 0. The van der Waals surface area contributed by atoms with Gasteiger partial charge in [0.1, 0.15) is 0 Å². The van der Waals surface area contributed by atoms with E-state index in [1.54, 1.807) is 0 Å². The maximum absolute atomic E-state index is 5.82. The fourth-order valence-corrected chi connectivity index (χ4v) is 3.03. The van der Waals surface area contributed by atoms with Crippen LogP contribution in [0.25, 0.3) is 0 Å². The highest BCUT2D eigenvalue weighted by Crippen LogP contribution is 2.12. The minimum absolute atomic E-state index is 0.867. The molecule has 0 atom stereocenters. The minimum Gasteiger partial charge on any atom is -0.150 e. The van der Waals surface area contributed by atoms with Crippen molar-refractivity contribution in [3.63, 3.8) is 0 Å². The summed E-state index contributed by atoms with van der Waals surface area (Å²) in [5, 5.41) is 0. The van der Waals surface area contributed by atoms with Gasteiger partial charge >= 0.3 is 0 Å². The van der Waals surface area contributed by atoms with Crippen molar-refractivity contribution in [3.8, 4) is 0 Å². The van der Waals surface area contributed by atoms with Crippen molar-refractivity contribution in [2.45, 2.75) is 19.9 Å². The van der Waals surface area contributed by atoms with Gasteiger partial charge < -0.3 is 0 Å². The molecular formula is C9H12Cl2Si. The maximum Gasteiger partial charge on any atom is 0.241 e. The standard InChI is InChI=1S/C9H12Cl2Si/c1-7-3-8(2)5-9(4-7)6-12(10)11/h3-5,12H,6H2,1-2H3. The lowest BCUT2D eigenvalue weighted by Gasteiger charge is -2.03. The van der Waals surface area contributed by atoms with Crippen LogP contribution in [-0.2, 0) is 6.04 Å². The van der Waals surface area contributed by atoms with Gasteiger partial charge in [0, 0.05) is 0 Å². The van der Waals surface area contributed by atoms with Gasteiger partial charge in [0.05, 0.1) is 0 Å². The molecule has 0 aliphatic rings. The molecule has 12 heavy (non-hydrogen) atoms. The van der Waals surface area contributed by atoms with Crippen LogP contribution in [0.15, 0.2) is 18.2 Å². The van der Waals surface area contributed by atoms with Crippen LogP contribution in [0.1, 0.15) is 16.7 Å². The third-order valence-corrected chi connectivity index (χ3v) is 3.38. The molecule has 0 aliphatic heterocycles. The van der Waals surface area contributed by atoms with E-state index in [0.717, 1.165) is 6.04 Å². The molecule has 0 N–H and O–H groups in total. The van der Waals surface area contributed by atoms with Crippen LogP contribution in [0.3, 0.4) is 0 Å². The zero-order valence-corrected chi connectivity index (χ0v) is 9.94. The first-order valence-electron chi connectivity index (χ1n) is 3.93. The molecule has 0 unspecified atom stereocenters. The third kappa shape index (κ3) is 3.17. The lowest BCUT2D eigenvalue weighted by atomic mass is 10.1. The number of rotatable bonds is 2. The molecule has 0 aliphatic carbocycles. The van der Waals surface area contributed by atoms with Crippen LogP contribution in [0.5, 0.6) is 0 Å². The molecule has 0 aromatic heterocycles. The summed E-state index contributed by atoms with van der Waals surface area (Å²) < 4.78 is 0. The van der Waals surface area contributed by atoms with Crippen LogP contribution < -0.4 is 0 Å². The second kappa shape index (κ2) is 4.31. The zero-order chi connectivity index (χ0) is 9.14. The van der Waals surface area contributed by atoms with Crippen molar-refractivity contribution in [1.82, 2.24) is 0 Å². The van der Waals surface area contributed by atoms with E-state index in [1.165, 1.54) is 16.7 Å². The first-order valence-corrected chi connectivity index (χ1v) is 8.24. The molecule has 0 nitrogen and oxygen atoms in total. The summed E-state index contributed by atoms with van der Waals surface area (Å²) in [6, 6.07) is 7.32. The maximum atomic E-state index is 5.82. The van der Waals surface area contributed by atoms with Crippen LogP contribution in [0.4, 0.5) is 0 Å². The van der Waals surface area contributed by atoms with Crippen molar-refractivity contribution in [1.29, 1.82) is 0 Å². The van der Waals surface area contributed by atoms with E-state index in [1.807, 2.05) is 0 Å². The van der Waals surface area contributed by atoms with Gasteiger partial charge in [-0.3, -0.25) is 0 Å². The fourth-order valence-electron chi connectivity index (χ4n) is 1.37. The van der Waals surface area contributed by atoms with E-state index in [2.05, 4.69) is 32.0 Å². The van der Waals surface area contributed by atoms with Gasteiger partial charge in [-0.15, -0.1) is 22.2 Å². The Kier molecular flexibility index (Phi) is 3.63. The minimum atomic E-state index is -1.49. The van der Waals surface area contributed by atoms with Gasteiger partial charge in [-0.2, -0.15) is 0 Å². The van der Waals surface area contributed by atoms with Crippen LogP contribution in [0, 0.1) is 13.8 Å². The highest BCUT2D eigenvalue weighted by atomic mass is 35.7. The van der Waals surface area contributed by atoms with Gasteiger partial charge in [-0.1, -0.05) is 29.3 Å². The van der Waals surface area contributed by atoms with Gasteiger partial charge in [0.2, 0.25) is 7.42 Å². The Bertz CT molecular complexity index is 251. The average molecular weight is 219 g/mol. The average Bonchev–Trinajstić information content (AvgIpc) is 1.81. The predicted molar refractivity (Wildman–Crippen MR) is 58.5 cm³/mol. The normalized spacial score (nSPS) is 10.8. The number of benzene rings is 1. The summed E-state index contributed by atoms with van der Waals surface area (Å²) in [6.45, 7) is 4.19. The monoisotopic (exact) mass is 218 g/mol. The highest BCUT2D eigenvalue weighted by molar-refractivity contribution is 7.33. The molecule has 0 radical (unpaired) electrons.